The lowest BCUT2D eigenvalue weighted by Crippen LogP contribution is -2.14. The molecule has 0 fully saturated rings. The smallest absolute Gasteiger partial charge is 0.0854 e. The summed E-state index contributed by atoms with van der Waals surface area (Å²) in [5.41, 5.74) is 1.53. The average Bonchev–Trinajstić information content (AvgIpc) is 2.47. The van der Waals surface area contributed by atoms with E-state index in [1.54, 1.807) is 11.3 Å². The molecule has 1 nitrogen and oxygen atoms in total. The van der Waals surface area contributed by atoms with Crippen LogP contribution in [0.4, 0.5) is 0 Å². The number of benzene rings is 1. The topological polar surface area (TPSA) is 20.2 Å². The van der Waals surface area contributed by atoms with Gasteiger partial charge in [0.2, 0.25) is 0 Å². The molecule has 74 valence electrons. The van der Waals surface area contributed by atoms with E-state index in [2.05, 4.69) is 30.5 Å². The summed E-state index contributed by atoms with van der Waals surface area (Å²) in [6.07, 6.45) is 0. The van der Waals surface area contributed by atoms with Gasteiger partial charge in [0, 0.05) is 15.6 Å². The Morgan fingerprint density at radius 2 is 2.00 bits per heavy atom. The van der Waals surface area contributed by atoms with E-state index in [9.17, 15) is 5.11 Å². The molecule has 0 aliphatic carbocycles. The summed E-state index contributed by atoms with van der Waals surface area (Å²) in [6.45, 7) is 5.76. The van der Waals surface area contributed by atoms with Crippen molar-refractivity contribution in [3.63, 3.8) is 0 Å². The zero-order chi connectivity index (χ0) is 10.3. The molecule has 14 heavy (non-hydrogen) atoms. The minimum Gasteiger partial charge on any atom is -0.386 e. The zero-order valence-electron chi connectivity index (χ0n) is 8.66. The maximum Gasteiger partial charge on any atom is 0.0854 e. The Morgan fingerprint density at radius 1 is 1.29 bits per heavy atom. The van der Waals surface area contributed by atoms with Crippen molar-refractivity contribution in [2.75, 3.05) is 0 Å². The van der Waals surface area contributed by atoms with Gasteiger partial charge >= 0.3 is 0 Å². The molecule has 1 aromatic carbocycles. The molecular formula is C12H14OS. The highest BCUT2D eigenvalue weighted by Crippen LogP contribution is 2.35. The van der Waals surface area contributed by atoms with Gasteiger partial charge in [-0.05, 0) is 37.8 Å². The second-order valence-corrected chi connectivity index (χ2v) is 5.07. The zero-order valence-corrected chi connectivity index (χ0v) is 9.48. The van der Waals surface area contributed by atoms with Crippen LogP contribution in [0.1, 0.15) is 25.0 Å². The van der Waals surface area contributed by atoms with Gasteiger partial charge in [-0.25, -0.2) is 0 Å². The second-order valence-electron chi connectivity index (χ2n) is 4.16. The van der Waals surface area contributed by atoms with Gasteiger partial charge < -0.3 is 5.11 Å². The Labute approximate surface area is 88.0 Å². The van der Waals surface area contributed by atoms with Crippen LogP contribution in [0.5, 0.6) is 0 Å². The van der Waals surface area contributed by atoms with E-state index in [0.29, 0.717) is 0 Å². The van der Waals surface area contributed by atoms with Gasteiger partial charge in [-0.1, -0.05) is 12.1 Å². The monoisotopic (exact) mass is 206 g/mol. The van der Waals surface area contributed by atoms with Crippen molar-refractivity contribution >= 4 is 21.4 Å². The number of hydrogen-bond acceptors (Lipinski definition) is 2. The number of hydrogen-bond donors (Lipinski definition) is 1. The molecule has 2 aromatic rings. The molecule has 1 aromatic heterocycles. The Morgan fingerprint density at radius 3 is 2.64 bits per heavy atom. The molecular weight excluding hydrogens is 192 g/mol. The first-order valence-electron chi connectivity index (χ1n) is 4.70. The van der Waals surface area contributed by atoms with Crippen molar-refractivity contribution in [2.45, 2.75) is 26.4 Å². The van der Waals surface area contributed by atoms with Gasteiger partial charge in [-0.15, -0.1) is 11.3 Å². The van der Waals surface area contributed by atoms with Crippen molar-refractivity contribution in [1.29, 1.82) is 0 Å². The van der Waals surface area contributed by atoms with Gasteiger partial charge in [0.15, 0.2) is 0 Å². The van der Waals surface area contributed by atoms with Crippen LogP contribution >= 0.6 is 11.3 Å². The van der Waals surface area contributed by atoms with Crippen LogP contribution in [0.3, 0.4) is 0 Å². The molecule has 0 amide bonds. The Hall–Kier alpha value is -0.860. The van der Waals surface area contributed by atoms with Gasteiger partial charge in [-0.3, -0.25) is 0 Å². The lowest BCUT2D eigenvalue weighted by molar-refractivity contribution is 0.0805. The number of aryl methyl sites for hydroxylation is 1. The van der Waals surface area contributed by atoms with E-state index in [4.69, 9.17) is 0 Å². The number of thiophene rings is 1. The lowest BCUT2D eigenvalue weighted by atomic mass is 9.96. The van der Waals surface area contributed by atoms with Crippen molar-refractivity contribution in [2.24, 2.45) is 0 Å². The highest BCUT2D eigenvalue weighted by atomic mass is 32.1. The van der Waals surface area contributed by atoms with E-state index >= 15 is 0 Å². The standard InChI is InChI=1S/C12H14OS/c1-8-5-4-6-10-11(8)9(7-14-10)12(2,3)13/h4-7,13H,1-3H3. The van der Waals surface area contributed by atoms with Crippen LogP contribution in [0.15, 0.2) is 23.6 Å². The van der Waals surface area contributed by atoms with E-state index in [1.165, 1.54) is 15.6 Å². The third kappa shape index (κ3) is 1.45. The van der Waals surface area contributed by atoms with Crippen molar-refractivity contribution in [3.8, 4) is 0 Å². The largest absolute Gasteiger partial charge is 0.386 e. The maximum absolute atomic E-state index is 10.0. The molecule has 0 atom stereocenters. The summed E-state index contributed by atoms with van der Waals surface area (Å²) in [5, 5.41) is 13.3. The van der Waals surface area contributed by atoms with Crippen LogP contribution < -0.4 is 0 Å². The summed E-state index contributed by atoms with van der Waals surface area (Å²) >= 11 is 1.69. The predicted octanol–water partition coefficient (Wildman–Crippen LogP) is 3.44. The molecule has 0 saturated heterocycles. The minimum atomic E-state index is -0.746. The Balaban J connectivity index is 2.80. The molecule has 2 heteroatoms. The number of aliphatic hydroxyl groups is 1. The molecule has 0 saturated carbocycles. The molecule has 0 aliphatic heterocycles. The van der Waals surface area contributed by atoms with Crippen molar-refractivity contribution in [3.05, 3.63) is 34.7 Å². The highest BCUT2D eigenvalue weighted by molar-refractivity contribution is 7.17. The van der Waals surface area contributed by atoms with Gasteiger partial charge in [0.05, 0.1) is 5.60 Å². The van der Waals surface area contributed by atoms with Crippen LogP contribution in [0, 0.1) is 6.92 Å². The first-order valence-corrected chi connectivity index (χ1v) is 5.58. The first kappa shape index (κ1) is 9.69. The quantitative estimate of drug-likeness (QED) is 0.757. The lowest BCUT2D eigenvalue weighted by Gasteiger charge is -2.17. The van der Waals surface area contributed by atoms with Gasteiger partial charge in [-0.2, -0.15) is 0 Å². The highest BCUT2D eigenvalue weighted by Gasteiger charge is 2.20. The average molecular weight is 206 g/mol. The summed E-state index contributed by atoms with van der Waals surface area (Å²) < 4.78 is 1.25. The fraction of sp³-hybridized carbons (Fsp3) is 0.333. The maximum atomic E-state index is 10.0. The van der Waals surface area contributed by atoms with Crippen LogP contribution in [0.25, 0.3) is 10.1 Å². The first-order chi connectivity index (χ1) is 6.50. The summed E-state index contributed by atoms with van der Waals surface area (Å²) in [4.78, 5) is 0. The van der Waals surface area contributed by atoms with E-state index < -0.39 is 5.60 Å². The van der Waals surface area contributed by atoms with E-state index in [1.807, 2.05) is 13.8 Å². The van der Waals surface area contributed by atoms with Crippen LogP contribution in [0.2, 0.25) is 0 Å². The van der Waals surface area contributed by atoms with Crippen molar-refractivity contribution in [1.82, 2.24) is 0 Å². The van der Waals surface area contributed by atoms with E-state index in [-0.39, 0.29) is 0 Å². The Bertz CT molecular complexity index is 463. The molecule has 1 N–H and O–H groups in total. The van der Waals surface area contributed by atoms with Crippen LogP contribution in [-0.2, 0) is 5.60 Å². The third-order valence-electron chi connectivity index (χ3n) is 2.47. The Kier molecular flexibility index (Phi) is 2.13. The molecule has 0 aliphatic rings. The van der Waals surface area contributed by atoms with Gasteiger partial charge in [0.1, 0.15) is 0 Å². The number of rotatable bonds is 1. The molecule has 0 radical (unpaired) electrons. The molecule has 0 spiro atoms. The predicted molar refractivity (Wildman–Crippen MR) is 61.8 cm³/mol. The normalized spacial score (nSPS) is 12.3. The summed E-state index contributed by atoms with van der Waals surface area (Å²) in [6, 6.07) is 6.24. The molecule has 0 bridgehead atoms. The van der Waals surface area contributed by atoms with E-state index in [0.717, 1.165) is 5.56 Å². The SMILES string of the molecule is Cc1cccc2scc(C(C)(C)O)c12. The molecule has 1 heterocycles. The summed E-state index contributed by atoms with van der Waals surface area (Å²) in [5.74, 6) is 0. The molecule has 0 unspecified atom stereocenters. The van der Waals surface area contributed by atoms with Gasteiger partial charge in [0.25, 0.3) is 0 Å². The second kappa shape index (κ2) is 3.07. The molecule has 2 rings (SSSR count). The van der Waals surface area contributed by atoms with Crippen LogP contribution in [-0.4, -0.2) is 5.11 Å². The van der Waals surface area contributed by atoms with Crippen molar-refractivity contribution < 1.29 is 5.11 Å². The third-order valence-corrected chi connectivity index (χ3v) is 3.41. The fourth-order valence-corrected chi connectivity index (χ4v) is 2.91. The fourth-order valence-electron chi connectivity index (χ4n) is 1.72. The summed E-state index contributed by atoms with van der Waals surface area (Å²) in [7, 11) is 0. The number of fused-ring (bicyclic) bond motifs is 1. The minimum absolute atomic E-state index is 0.746.